The van der Waals surface area contributed by atoms with Crippen LogP contribution < -0.4 is 0 Å². The maximum Gasteiger partial charge on any atom is 0.163 e. The van der Waals surface area contributed by atoms with Crippen LogP contribution in [0.4, 0.5) is 8.78 Å². The average Bonchev–Trinajstić information content (AvgIpc) is 2.51. The molecule has 5 heteroatoms. The molecule has 0 spiro atoms. The lowest BCUT2D eigenvalue weighted by Gasteiger charge is -2.45. The summed E-state index contributed by atoms with van der Waals surface area (Å²) < 4.78 is 27.7. The van der Waals surface area contributed by atoms with Crippen LogP contribution in [-0.2, 0) is 6.54 Å². The van der Waals surface area contributed by atoms with E-state index in [0.717, 1.165) is 6.42 Å². The summed E-state index contributed by atoms with van der Waals surface area (Å²) in [6.45, 7) is 4.86. The molecule has 2 atom stereocenters. The van der Waals surface area contributed by atoms with E-state index in [2.05, 4.69) is 0 Å². The van der Waals surface area contributed by atoms with Crippen molar-refractivity contribution in [2.75, 3.05) is 19.7 Å². The smallest absolute Gasteiger partial charge is 0.163 e. The minimum atomic E-state index is -0.795. The second-order valence-electron chi connectivity index (χ2n) is 6.46. The molecule has 0 radical (unpaired) electrons. The molecule has 0 unspecified atom stereocenters. The van der Waals surface area contributed by atoms with Gasteiger partial charge in [0, 0.05) is 30.6 Å². The van der Waals surface area contributed by atoms with Crippen LogP contribution in [0.2, 0.25) is 0 Å². The lowest BCUT2D eigenvalue weighted by Crippen LogP contribution is -2.53. The Balaban J connectivity index is 2.15. The van der Waals surface area contributed by atoms with E-state index in [1.165, 1.54) is 6.92 Å². The van der Waals surface area contributed by atoms with E-state index in [1.807, 2.05) is 11.8 Å². The first-order chi connectivity index (χ1) is 10.4. The average molecular weight is 313 g/mol. The zero-order chi connectivity index (χ0) is 16.3. The summed E-state index contributed by atoms with van der Waals surface area (Å²) in [6.07, 6.45) is 1.56. The molecule has 22 heavy (non-hydrogen) atoms. The van der Waals surface area contributed by atoms with Gasteiger partial charge in [0.2, 0.25) is 0 Å². The Kier molecular flexibility index (Phi) is 5.53. The lowest BCUT2D eigenvalue weighted by molar-refractivity contribution is -0.0821. The first-order valence-corrected chi connectivity index (χ1v) is 7.88. The number of aliphatic hydroxyl groups excluding tert-OH is 2. The van der Waals surface area contributed by atoms with E-state index in [9.17, 15) is 19.0 Å². The maximum atomic E-state index is 14.0. The van der Waals surface area contributed by atoms with E-state index in [-0.39, 0.29) is 6.61 Å². The summed E-state index contributed by atoms with van der Waals surface area (Å²) in [5, 5.41) is 20.0. The van der Waals surface area contributed by atoms with Crippen molar-refractivity contribution in [3.05, 3.63) is 34.9 Å². The minimum absolute atomic E-state index is 0.0940. The third kappa shape index (κ3) is 3.31. The zero-order valence-corrected chi connectivity index (χ0v) is 13.3. The van der Waals surface area contributed by atoms with Gasteiger partial charge in [-0.25, -0.2) is 8.78 Å². The highest BCUT2D eigenvalue weighted by Crippen LogP contribution is 2.35. The Bertz CT molecular complexity index is 524. The molecule has 0 saturated carbocycles. The Morgan fingerprint density at radius 2 is 2.05 bits per heavy atom. The normalized spacial score (nSPS) is 26.4. The van der Waals surface area contributed by atoms with E-state index >= 15 is 0 Å². The van der Waals surface area contributed by atoms with Crippen LogP contribution >= 0.6 is 0 Å². The summed E-state index contributed by atoms with van der Waals surface area (Å²) in [5.41, 5.74) is 0.0565. The monoisotopic (exact) mass is 313 g/mol. The van der Waals surface area contributed by atoms with Gasteiger partial charge >= 0.3 is 0 Å². The van der Waals surface area contributed by atoms with Crippen molar-refractivity contribution in [1.82, 2.24) is 4.90 Å². The molecule has 1 aromatic carbocycles. The Labute approximate surface area is 130 Å². The third-order valence-electron chi connectivity index (χ3n) is 4.78. The molecule has 0 aliphatic carbocycles. The van der Waals surface area contributed by atoms with Gasteiger partial charge in [-0.2, -0.15) is 0 Å². The molecule has 2 rings (SSSR count). The van der Waals surface area contributed by atoms with Gasteiger partial charge in [0.25, 0.3) is 0 Å². The predicted molar refractivity (Wildman–Crippen MR) is 81.4 cm³/mol. The molecule has 124 valence electrons. The van der Waals surface area contributed by atoms with E-state index in [1.54, 1.807) is 12.1 Å². The van der Waals surface area contributed by atoms with Crippen molar-refractivity contribution in [2.45, 2.75) is 45.8 Å². The van der Waals surface area contributed by atoms with Crippen molar-refractivity contribution < 1.29 is 19.0 Å². The zero-order valence-electron chi connectivity index (χ0n) is 13.3. The standard InChI is InChI=1S/C17H25F2NO2/c1-3-7-17(11-21)10-20(8-6-14(17)22)9-13-5-4-12(2)15(18)16(13)19/h4-5,14,21-22H,3,6-11H2,1-2H3/t14-,17+/m1/s1. The SMILES string of the molecule is CCC[C@@]1(CO)CN(Cc2ccc(C)c(F)c2F)CC[C@H]1O. The molecule has 1 aliphatic rings. The van der Waals surface area contributed by atoms with Crippen molar-refractivity contribution in [3.8, 4) is 0 Å². The quantitative estimate of drug-likeness (QED) is 0.878. The minimum Gasteiger partial charge on any atom is -0.396 e. The molecule has 1 aromatic rings. The lowest BCUT2D eigenvalue weighted by atomic mass is 9.74. The van der Waals surface area contributed by atoms with Gasteiger partial charge in [0.05, 0.1) is 12.7 Å². The number of piperidine rings is 1. The molecular formula is C17H25F2NO2. The van der Waals surface area contributed by atoms with Crippen LogP contribution in [0.5, 0.6) is 0 Å². The van der Waals surface area contributed by atoms with Gasteiger partial charge < -0.3 is 10.2 Å². The second-order valence-corrected chi connectivity index (χ2v) is 6.46. The summed E-state index contributed by atoms with van der Waals surface area (Å²) in [4.78, 5) is 1.99. The Morgan fingerprint density at radius 1 is 1.32 bits per heavy atom. The number of aliphatic hydroxyl groups is 2. The molecule has 1 aliphatic heterocycles. The number of halogens is 2. The summed E-state index contributed by atoms with van der Waals surface area (Å²) >= 11 is 0. The molecule has 1 saturated heterocycles. The van der Waals surface area contributed by atoms with Crippen LogP contribution in [-0.4, -0.2) is 40.9 Å². The van der Waals surface area contributed by atoms with Crippen LogP contribution in [0.25, 0.3) is 0 Å². The number of hydrogen-bond acceptors (Lipinski definition) is 3. The number of benzene rings is 1. The highest BCUT2D eigenvalue weighted by Gasteiger charge is 2.41. The van der Waals surface area contributed by atoms with E-state index in [4.69, 9.17) is 0 Å². The highest BCUT2D eigenvalue weighted by molar-refractivity contribution is 5.25. The molecule has 0 aromatic heterocycles. The molecule has 3 nitrogen and oxygen atoms in total. The molecule has 0 bridgehead atoms. The van der Waals surface area contributed by atoms with Gasteiger partial charge in [-0.05, 0) is 25.3 Å². The van der Waals surface area contributed by atoms with Crippen molar-refractivity contribution >= 4 is 0 Å². The van der Waals surface area contributed by atoms with Crippen LogP contribution in [0.3, 0.4) is 0 Å². The molecule has 2 N–H and O–H groups in total. The number of rotatable bonds is 5. The summed E-state index contributed by atoms with van der Waals surface area (Å²) in [6, 6.07) is 3.19. The fourth-order valence-corrected chi connectivity index (χ4v) is 3.40. The van der Waals surface area contributed by atoms with Gasteiger partial charge in [-0.1, -0.05) is 25.5 Å². The second kappa shape index (κ2) is 7.02. The van der Waals surface area contributed by atoms with Crippen LogP contribution in [0.1, 0.15) is 37.3 Å². The maximum absolute atomic E-state index is 14.0. The fourth-order valence-electron chi connectivity index (χ4n) is 3.40. The number of likely N-dealkylation sites (tertiary alicyclic amines) is 1. The Hall–Kier alpha value is -1.04. The Morgan fingerprint density at radius 3 is 2.68 bits per heavy atom. The highest BCUT2D eigenvalue weighted by atomic mass is 19.2. The third-order valence-corrected chi connectivity index (χ3v) is 4.78. The van der Waals surface area contributed by atoms with Gasteiger partial charge in [-0.3, -0.25) is 4.90 Å². The number of hydrogen-bond donors (Lipinski definition) is 2. The molecule has 1 heterocycles. The molecule has 1 fully saturated rings. The van der Waals surface area contributed by atoms with E-state index in [0.29, 0.717) is 43.6 Å². The topological polar surface area (TPSA) is 43.7 Å². The van der Waals surface area contributed by atoms with E-state index < -0.39 is 23.2 Å². The number of aryl methyl sites for hydroxylation is 1. The van der Waals surface area contributed by atoms with Gasteiger partial charge in [0.15, 0.2) is 11.6 Å². The van der Waals surface area contributed by atoms with Crippen LogP contribution in [0.15, 0.2) is 12.1 Å². The van der Waals surface area contributed by atoms with Gasteiger partial charge in [-0.15, -0.1) is 0 Å². The van der Waals surface area contributed by atoms with Crippen LogP contribution in [0, 0.1) is 24.0 Å². The summed E-state index contributed by atoms with van der Waals surface area (Å²) in [7, 11) is 0. The number of nitrogens with zero attached hydrogens (tertiary/aromatic N) is 1. The predicted octanol–water partition coefficient (Wildman–Crippen LogP) is 2.62. The fraction of sp³-hybridized carbons (Fsp3) is 0.647. The first kappa shape index (κ1) is 17.3. The summed E-state index contributed by atoms with van der Waals surface area (Å²) in [5.74, 6) is -1.59. The first-order valence-electron chi connectivity index (χ1n) is 7.88. The van der Waals surface area contributed by atoms with Crippen molar-refractivity contribution in [2.24, 2.45) is 5.41 Å². The van der Waals surface area contributed by atoms with Crippen molar-refractivity contribution in [1.29, 1.82) is 0 Å². The van der Waals surface area contributed by atoms with Crippen molar-refractivity contribution in [3.63, 3.8) is 0 Å². The largest absolute Gasteiger partial charge is 0.396 e. The molecule has 0 amide bonds. The molecular weight excluding hydrogens is 288 g/mol. The van der Waals surface area contributed by atoms with Gasteiger partial charge in [0.1, 0.15) is 0 Å².